The summed E-state index contributed by atoms with van der Waals surface area (Å²) < 4.78 is 21.0. The molecule has 1 aromatic carbocycles. The van der Waals surface area contributed by atoms with Crippen molar-refractivity contribution in [1.29, 1.82) is 0 Å². The average Bonchev–Trinajstić information content (AvgIpc) is 2.54. The van der Waals surface area contributed by atoms with Gasteiger partial charge in [-0.05, 0) is 12.1 Å². The first-order chi connectivity index (χ1) is 10.2. The third-order valence-corrected chi connectivity index (χ3v) is 3.20. The molecule has 0 atom stereocenters. The lowest BCUT2D eigenvalue weighted by Gasteiger charge is -2.27. The van der Waals surface area contributed by atoms with Crippen molar-refractivity contribution in [3.63, 3.8) is 0 Å². The first-order valence-corrected chi connectivity index (χ1v) is 6.63. The van der Waals surface area contributed by atoms with Crippen molar-refractivity contribution in [1.82, 2.24) is 10.4 Å². The van der Waals surface area contributed by atoms with Crippen molar-refractivity contribution < 1.29 is 23.7 Å². The van der Waals surface area contributed by atoms with Gasteiger partial charge in [-0.1, -0.05) is 0 Å². The number of hydrazine groups is 1. The van der Waals surface area contributed by atoms with E-state index in [1.807, 2.05) is 5.01 Å². The van der Waals surface area contributed by atoms with Crippen LogP contribution in [0.2, 0.25) is 0 Å². The number of benzene rings is 1. The van der Waals surface area contributed by atoms with E-state index >= 15 is 0 Å². The van der Waals surface area contributed by atoms with Crippen LogP contribution in [-0.4, -0.2) is 58.5 Å². The zero-order valence-electron chi connectivity index (χ0n) is 12.5. The molecule has 0 saturated carbocycles. The summed E-state index contributed by atoms with van der Waals surface area (Å²) in [6.07, 6.45) is 0. The Balaban J connectivity index is 2.19. The number of carbonyl (C=O) groups excluding carboxylic acids is 1. The molecule has 0 radical (unpaired) electrons. The summed E-state index contributed by atoms with van der Waals surface area (Å²) in [5.74, 6) is 1.13. The average molecular weight is 296 g/mol. The van der Waals surface area contributed by atoms with Gasteiger partial charge >= 0.3 is 0 Å². The molecule has 1 N–H and O–H groups in total. The minimum absolute atomic E-state index is 0.226. The van der Waals surface area contributed by atoms with Gasteiger partial charge in [-0.15, -0.1) is 0 Å². The Kier molecular flexibility index (Phi) is 5.24. The largest absolute Gasteiger partial charge is 0.493 e. The van der Waals surface area contributed by atoms with Crippen molar-refractivity contribution in [3.05, 3.63) is 17.7 Å². The molecule has 1 amide bonds. The summed E-state index contributed by atoms with van der Waals surface area (Å²) in [5.41, 5.74) is 3.28. The maximum absolute atomic E-state index is 12.3. The Bertz CT molecular complexity index is 475. The van der Waals surface area contributed by atoms with Crippen LogP contribution in [-0.2, 0) is 4.74 Å². The molecular formula is C14H20N2O5. The zero-order chi connectivity index (χ0) is 15.2. The summed E-state index contributed by atoms with van der Waals surface area (Å²) >= 11 is 0. The van der Waals surface area contributed by atoms with Gasteiger partial charge in [0, 0.05) is 18.7 Å². The van der Waals surface area contributed by atoms with Crippen LogP contribution < -0.4 is 19.6 Å². The van der Waals surface area contributed by atoms with Gasteiger partial charge in [-0.25, -0.2) is 5.01 Å². The second-order valence-electron chi connectivity index (χ2n) is 4.45. The molecule has 1 aliphatic rings. The number of carbonyl (C=O) groups is 1. The first kappa shape index (κ1) is 15.4. The molecular weight excluding hydrogens is 276 g/mol. The molecule has 2 rings (SSSR count). The molecule has 0 bridgehead atoms. The smallest absolute Gasteiger partial charge is 0.265 e. The second-order valence-corrected chi connectivity index (χ2v) is 4.45. The number of amides is 1. The van der Waals surface area contributed by atoms with Gasteiger partial charge in [0.1, 0.15) is 0 Å². The Labute approximate surface area is 123 Å². The summed E-state index contributed by atoms with van der Waals surface area (Å²) in [6.45, 7) is 2.54. The van der Waals surface area contributed by atoms with Gasteiger partial charge in [0.2, 0.25) is 5.75 Å². The summed E-state index contributed by atoms with van der Waals surface area (Å²) in [7, 11) is 4.55. The lowest BCUT2D eigenvalue weighted by molar-refractivity contribution is 0.0126. The fourth-order valence-electron chi connectivity index (χ4n) is 2.10. The molecule has 1 aromatic rings. The van der Waals surface area contributed by atoms with E-state index in [9.17, 15) is 4.79 Å². The molecule has 1 aliphatic heterocycles. The Morgan fingerprint density at radius 3 is 2.14 bits per heavy atom. The van der Waals surface area contributed by atoms with Crippen molar-refractivity contribution in [3.8, 4) is 17.2 Å². The number of methoxy groups -OCH3 is 3. The third kappa shape index (κ3) is 3.56. The first-order valence-electron chi connectivity index (χ1n) is 6.63. The molecule has 0 aliphatic carbocycles. The van der Waals surface area contributed by atoms with Gasteiger partial charge in [0.15, 0.2) is 11.5 Å². The Morgan fingerprint density at radius 1 is 1.10 bits per heavy atom. The molecule has 7 heteroatoms. The van der Waals surface area contributed by atoms with Crippen molar-refractivity contribution in [2.75, 3.05) is 47.6 Å². The van der Waals surface area contributed by atoms with Gasteiger partial charge in [-0.3, -0.25) is 10.2 Å². The van der Waals surface area contributed by atoms with Gasteiger partial charge in [0.25, 0.3) is 5.91 Å². The highest BCUT2D eigenvalue weighted by molar-refractivity contribution is 5.95. The van der Waals surface area contributed by atoms with Crippen LogP contribution in [0.3, 0.4) is 0 Å². The summed E-state index contributed by atoms with van der Waals surface area (Å²) in [6, 6.07) is 3.24. The number of hydrogen-bond donors (Lipinski definition) is 1. The highest BCUT2D eigenvalue weighted by Gasteiger charge is 2.19. The molecule has 1 heterocycles. The SMILES string of the molecule is COc1cc(C(=O)NN2CCOCC2)cc(OC)c1OC. The van der Waals surface area contributed by atoms with Crippen LogP contribution in [0.4, 0.5) is 0 Å². The number of rotatable bonds is 5. The normalized spacial score (nSPS) is 15.4. The quantitative estimate of drug-likeness (QED) is 0.862. The van der Waals surface area contributed by atoms with E-state index in [1.54, 1.807) is 12.1 Å². The highest BCUT2D eigenvalue weighted by Crippen LogP contribution is 2.38. The number of morpholine rings is 1. The van der Waals surface area contributed by atoms with Crippen molar-refractivity contribution >= 4 is 5.91 Å². The van der Waals surface area contributed by atoms with E-state index in [2.05, 4.69) is 5.43 Å². The highest BCUT2D eigenvalue weighted by atomic mass is 16.5. The molecule has 1 fully saturated rings. The fourth-order valence-corrected chi connectivity index (χ4v) is 2.10. The monoisotopic (exact) mass is 296 g/mol. The third-order valence-electron chi connectivity index (χ3n) is 3.20. The van der Waals surface area contributed by atoms with Crippen LogP contribution in [0.25, 0.3) is 0 Å². The Morgan fingerprint density at radius 2 is 1.67 bits per heavy atom. The predicted molar refractivity (Wildman–Crippen MR) is 76.0 cm³/mol. The van der Waals surface area contributed by atoms with Gasteiger partial charge < -0.3 is 18.9 Å². The predicted octanol–water partition coefficient (Wildman–Crippen LogP) is 0.689. The number of ether oxygens (including phenoxy) is 4. The topological polar surface area (TPSA) is 69.3 Å². The number of nitrogens with one attached hydrogen (secondary N) is 1. The zero-order valence-corrected chi connectivity index (χ0v) is 12.5. The minimum Gasteiger partial charge on any atom is -0.493 e. The molecule has 0 spiro atoms. The number of hydrogen-bond acceptors (Lipinski definition) is 6. The number of nitrogens with zero attached hydrogens (tertiary/aromatic N) is 1. The molecule has 1 saturated heterocycles. The van der Waals surface area contributed by atoms with Crippen LogP contribution in [0.15, 0.2) is 12.1 Å². The Hall–Kier alpha value is -1.99. The van der Waals surface area contributed by atoms with Crippen LogP contribution >= 0.6 is 0 Å². The van der Waals surface area contributed by atoms with Gasteiger partial charge in [-0.2, -0.15) is 0 Å². The molecule has 21 heavy (non-hydrogen) atoms. The molecule has 0 unspecified atom stereocenters. The van der Waals surface area contributed by atoms with Crippen LogP contribution in [0.5, 0.6) is 17.2 Å². The van der Waals surface area contributed by atoms with Gasteiger partial charge in [0.05, 0.1) is 34.5 Å². The van der Waals surface area contributed by atoms with E-state index < -0.39 is 0 Å². The van der Waals surface area contributed by atoms with E-state index in [4.69, 9.17) is 18.9 Å². The van der Waals surface area contributed by atoms with E-state index in [0.29, 0.717) is 49.1 Å². The van der Waals surface area contributed by atoms with E-state index in [0.717, 1.165) is 0 Å². The second kappa shape index (κ2) is 7.14. The molecule has 116 valence electrons. The lowest BCUT2D eigenvalue weighted by atomic mass is 10.1. The maximum atomic E-state index is 12.3. The van der Waals surface area contributed by atoms with E-state index in [1.165, 1.54) is 21.3 Å². The van der Waals surface area contributed by atoms with Crippen LogP contribution in [0, 0.1) is 0 Å². The minimum atomic E-state index is -0.226. The molecule has 0 aromatic heterocycles. The summed E-state index contributed by atoms with van der Waals surface area (Å²) in [5, 5.41) is 1.83. The maximum Gasteiger partial charge on any atom is 0.265 e. The molecule has 7 nitrogen and oxygen atoms in total. The van der Waals surface area contributed by atoms with Crippen molar-refractivity contribution in [2.24, 2.45) is 0 Å². The lowest BCUT2D eigenvalue weighted by Crippen LogP contribution is -2.48. The fraction of sp³-hybridized carbons (Fsp3) is 0.500. The van der Waals surface area contributed by atoms with Crippen LogP contribution in [0.1, 0.15) is 10.4 Å². The van der Waals surface area contributed by atoms with Crippen molar-refractivity contribution in [2.45, 2.75) is 0 Å². The summed E-state index contributed by atoms with van der Waals surface area (Å²) in [4.78, 5) is 12.3. The standard InChI is InChI=1S/C14H20N2O5/c1-18-11-8-10(9-12(19-2)13(11)20-3)14(17)15-16-4-6-21-7-5-16/h8-9H,4-7H2,1-3H3,(H,15,17). The van der Waals surface area contributed by atoms with E-state index in [-0.39, 0.29) is 5.91 Å².